The molecule has 0 fully saturated rings. The van der Waals surface area contributed by atoms with Crippen molar-refractivity contribution in [1.82, 2.24) is 15.0 Å². The lowest BCUT2D eigenvalue weighted by Crippen LogP contribution is -2.29. The van der Waals surface area contributed by atoms with Gasteiger partial charge in [0.25, 0.3) is 5.56 Å². The molecule has 6 heteroatoms. The second kappa shape index (κ2) is 6.63. The number of hydrogen-bond donors (Lipinski definition) is 1. The van der Waals surface area contributed by atoms with Crippen molar-refractivity contribution in [3.05, 3.63) is 70.3 Å². The lowest BCUT2D eigenvalue weighted by Gasteiger charge is -2.22. The highest BCUT2D eigenvalue weighted by molar-refractivity contribution is 5.59. The summed E-state index contributed by atoms with van der Waals surface area (Å²) in [4.78, 5) is 28.0. The Morgan fingerprint density at radius 1 is 1.12 bits per heavy atom. The van der Waals surface area contributed by atoms with Gasteiger partial charge in [-0.1, -0.05) is 18.2 Å². The monoisotopic (exact) mass is 347 g/mol. The van der Waals surface area contributed by atoms with Gasteiger partial charge in [0.15, 0.2) is 0 Å². The Morgan fingerprint density at radius 2 is 1.96 bits per heavy atom. The van der Waals surface area contributed by atoms with E-state index in [9.17, 15) is 4.79 Å². The predicted molar refractivity (Wildman–Crippen MR) is 104 cm³/mol. The van der Waals surface area contributed by atoms with Crippen LogP contribution in [-0.4, -0.2) is 35.1 Å². The highest BCUT2D eigenvalue weighted by atomic mass is 16.1. The molecular weight excluding hydrogens is 326 g/mol. The first-order valence-electron chi connectivity index (χ1n) is 8.68. The number of hydrogen-bond acceptors (Lipinski definition) is 5. The lowest BCUT2D eigenvalue weighted by atomic mass is 10.1. The maximum absolute atomic E-state index is 11.7. The third-order valence-corrected chi connectivity index (χ3v) is 4.68. The second-order valence-electron chi connectivity index (χ2n) is 6.61. The number of benzene rings is 1. The van der Waals surface area contributed by atoms with Crippen LogP contribution in [0, 0.1) is 6.92 Å². The van der Waals surface area contributed by atoms with Crippen molar-refractivity contribution in [3.63, 3.8) is 0 Å². The number of anilines is 2. The van der Waals surface area contributed by atoms with Crippen LogP contribution in [0.1, 0.15) is 11.3 Å². The van der Waals surface area contributed by atoms with Crippen molar-refractivity contribution in [2.45, 2.75) is 13.5 Å². The largest absolute Gasteiger partial charge is 0.373 e. The molecule has 132 valence electrons. The smallest absolute Gasteiger partial charge is 0.251 e. The number of fused-ring (bicyclic) bond motifs is 1. The molecule has 0 saturated heterocycles. The Morgan fingerprint density at radius 3 is 2.73 bits per heavy atom. The molecule has 26 heavy (non-hydrogen) atoms. The normalized spacial score (nSPS) is 14.1. The number of nitrogens with one attached hydrogen (secondary N) is 1. The highest BCUT2D eigenvalue weighted by Crippen LogP contribution is 2.26. The number of H-pyrrole nitrogens is 1. The summed E-state index contributed by atoms with van der Waals surface area (Å²) in [6, 6.07) is 13.9. The van der Waals surface area contributed by atoms with Crippen molar-refractivity contribution in [1.29, 1.82) is 0 Å². The fourth-order valence-electron chi connectivity index (χ4n) is 3.32. The standard InChI is InChI=1S/C20H21N5O/c1-14-11-19(26)23-20(22-14)15-7-8-18(21-12-15)25-10-9-24(2)17-6-4-3-5-16(17)13-25/h3-8,11-12H,9-10,13H2,1-2H3,(H,22,23,26). The van der Waals surface area contributed by atoms with Crippen LogP contribution in [0.25, 0.3) is 11.4 Å². The van der Waals surface area contributed by atoms with Crippen molar-refractivity contribution in [3.8, 4) is 11.4 Å². The van der Waals surface area contributed by atoms with E-state index in [0.29, 0.717) is 11.5 Å². The number of aromatic nitrogens is 3. The second-order valence-corrected chi connectivity index (χ2v) is 6.61. The number of aryl methyl sites for hydroxylation is 1. The molecule has 0 saturated carbocycles. The van der Waals surface area contributed by atoms with Crippen LogP contribution >= 0.6 is 0 Å². The van der Waals surface area contributed by atoms with Gasteiger partial charge in [-0.15, -0.1) is 0 Å². The van der Waals surface area contributed by atoms with Crippen molar-refractivity contribution < 1.29 is 0 Å². The maximum Gasteiger partial charge on any atom is 0.251 e. The third-order valence-electron chi connectivity index (χ3n) is 4.68. The first-order chi connectivity index (χ1) is 12.6. The third kappa shape index (κ3) is 3.18. The summed E-state index contributed by atoms with van der Waals surface area (Å²) in [6.45, 7) is 4.47. The molecule has 3 heterocycles. The number of para-hydroxylation sites is 1. The minimum atomic E-state index is -0.149. The zero-order chi connectivity index (χ0) is 18.1. The minimum Gasteiger partial charge on any atom is -0.373 e. The zero-order valence-electron chi connectivity index (χ0n) is 14.9. The van der Waals surface area contributed by atoms with Crippen LogP contribution in [-0.2, 0) is 6.54 Å². The van der Waals surface area contributed by atoms with Crippen molar-refractivity contribution in [2.75, 3.05) is 29.9 Å². The number of aromatic amines is 1. The highest BCUT2D eigenvalue weighted by Gasteiger charge is 2.18. The number of nitrogens with zero attached hydrogens (tertiary/aromatic N) is 4. The molecule has 1 aromatic carbocycles. The van der Waals surface area contributed by atoms with Gasteiger partial charge in [-0.3, -0.25) is 4.79 Å². The molecule has 0 atom stereocenters. The summed E-state index contributed by atoms with van der Waals surface area (Å²) in [5.41, 5.74) is 3.92. The lowest BCUT2D eigenvalue weighted by molar-refractivity contribution is 0.784. The van der Waals surface area contributed by atoms with Gasteiger partial charge in [-0.25, -0.2) is 9.97 Å². The van der Waals surface area contributed by atoms with Gasteiger partial charge in [0.05, 0.1) is 0 Å². The van der Waals surface area contributed by atoms with Crippen LogP contribution in [0.2, 0.25) is 0 Å². The van der Waals surface area contributed by atoms with Gasteiger partial charge in [0, 0.05) is 55.9 Å². The first-order valence-corrected chi connectivity index (χ1v) is 8.68. The molecule has 0 aliphatic carbocycles. The SMILES string of the molecule is Cc1cc(=O)[nH]c(-c2ccc(N3CCN(C)c4ccccc4C3)nc2)n1. The summed E-state index contributed by atoms with van der Waals surface area (Å²) in [6.07, 6.45) is 1.77. The number of rotatable bonds is 2. The zero-order valence-corrected chi connectivity index (χ0v) is 14.9. The van der Waals surface area contributed by atoms with Crippen molar-refractivity contribution in [2.24, 2.45) is 0 Å². The number of likely N-dealkylation sites (N-methyl/N-ethyl adjacent to an activating group) is 1. The summed E-state index contributed by atoms with van der Waals surface area (Å²) >= 11 is 0. The van der Waals surface area contributed by atoms with E-state index in [0.717, 1.165) is 31.0 Å². The van der Waals surface area contributed by atoms with Crippen molar-refractivity contribution >= 4 is 11.5 Å². The van der Waals surface area contributed by atoms with Gasteiger partial charge in [0.1, 0.15) is 11.6 Å². The molecule has 0 amide bonds. The predicted octanol–water partition coefficient (Wildman–Crippen LogP) is 2.60. The summed E-state index contributed by atoms with van der Waals surface area (Å²) in [7, 11) is 2.12. The molecule has 2 aromatic heterocycles. The Labute approximate surface area is 152 Å². The maximum atomic E-state index is 11.7. The summed E-state index contributed by atoms with van der Waals surface area (Å²) in [5, 5.41) is 0. The average Bonchev–Trinajstić information content (AvgIpc) is 2.81. The van der Waals surface area contributed by atoms with E-state index in [1.807, 2.05) is 19.1 Å². The molecule has 6 nitrogen and oxygen atoms in total. The van der Waals surface area contributed by atoms with E-state index < -0.39 is 0 Å². The van der Waals surface area contributed by atoms with Crippen LogP contribution < -0.4 is 15.4 Å². The van der Waals surface area contributed by atoms with Gasteiger partial charge in [0.2, 0.25) is 0 Å². The van der Waals surface area contributed by atoms with E-state index >= 15 is 0 Å². The van der Waals surface area contributed by atoms with E-state index in [2.05, 4.69) is 56.1 Å². The fourth-order valence-corrected chi connectivity index (χ4v) is 3.32. The van der Waals surface area contributed by atoms with E-state index in [-0.39, 0.29) is 5.56 Å². The van der Waals surface area contributed by atoms with Gasteiger partial charge < -0.3 is 14.8 Å². The van der Waals surface area contributed by atoms with E-state index in [1.54, 1.807) is 6.20 Å². The molecule has 3 aromatic rings. The Kier molecular flexibility index (Phi) is 4.16. The molecule has 0 radical (unpaired) electrons. The molecule has 0 bridgehead atoms. The van der Waals surface area contributed by atoms with Gasteiger partial charge >= 0.3 is 0 Å². The molecule has 1 N–H and O–H groups in total. The summed E-state index contributed by atoms with van der Waals surface area (Å²) in [5.74, 6) is 1.48. The molecule has 1 aliphatic heterocycles. The minimum absolute atomic E-state index is 0.149. The fraction of sp³-hybridized carbons (Fsp3) is 0.250. The quantitative estimate of drug-likeness (QED) is 0.772. The van der Waals surface area contributed by atoms with E-state index in [1.165, 1.54) is 17.3 Å². The molecule has 4 rings (SSSR count). The Bertz CT molecular complexity index is 980. The first kappa shape index (κ1) is 16.3. The summed E-state index contributed by atoms with van der Waals surface area (Å²) < 4.78 is 0. The molecular formula is C20H21N5O. The van der Waals surface area contributed by atoms with Gasteiger partial charge in [-0.05, 0) is 30.7 Å². The average molecular weight is 347 g/mol. The van der Waals surface area contributed by atoms with Gasteiger partial charge in [-0.2, -0.15) is 0 Å². The molecule has 1 aliphatic rings. The van der Waals surface area contributed by atoms with Crippen LogP contribution in [0.3, 0.4) is 0 Å². The van der Waals surface area contributed by atoms with Crippen LogP contribution in [0.4, 0.5) is 11.5 Å². The Balaban J connectivity index is 1.62. The topological polar surface area (TPSA) is 65.1 Å². The van der Waals surface area contributed by atoms with Crippen LogP contribution in [0.5, 0.6) is 0 Å². The molecule has 0 spiro atoms. The Hall–Kier alpha value is -3.15. The number of pyridine rings is 1. The van der Waals surface area contributed by atoms with E-state index in [4.69, 9.17) is 0 Å². The van der Waals surface area contributed by atoms with Crippen LogP contribution in [0.15, 0.2) is 53.5 Å². The molecule has 0 unspecified atom stereocenters.